The molecule has 0 saturated carbocycles. The molecule has 1 aliphatic heterocycles. The standard InChI is InChI=1S/C20H22N4O/c21-16-17-6-4-5-9-19(17)22-20(25)10-11-23-12-14-24(15-13-23)18-7-2-1-3-8-18/h1-9H,10-15H2,(H,22,25). The molecule has 1 saturated heterocycles. The number of nitrogens with zero attached hydrogens (tertiary/aromatic N) is 3. The highest BCUT2D eigenvalue weighted by Gasteiger charge is 2.17. The van der Waals surface area contributed by atoms with Gasteiger partial charge in [0.2, 0.25) is 5.91 Å². The van der Waals surface area contributed by atoms with Gasteiger partial charge in [0.15, 0.2) is 0 Å². The Hall–Kier alpha value is -2.84. The van der Waals surface area contributed by atoms with E-state index in [1.54, 1.807) is 18.2 Å². The van der Waals surface area contributed by atoms with Crippen LogP contribution in [0.3, 0.4) is 0 Å². The average Bonchev–Trinajstić information content (AvgIpc) is 2.68. The van der Waals surface area contributed by atoms with Crippen molar-refractivity contribution >= 4 is 17.3 Å². The van der Waals surface area contributed by atoms with Gasteiger partial charge in [-0.05, 0) is 24.3 Å². The molecule has 0 bridgehead atoms. The third-order valence-electron chi connectivity index (χ3n) is 4.47. The van der Waals surface area contributed by atoms with Crippen molar-refractivity contribution in [3.05, 3.63) is 60.2 Å². The van der Waals surface area contributed by atoms with E-state index in [0.717, 1.165) is 32.7 Å². The van der Waals surface area contributed by atoms with Crippen molar-refractivity contribution in [1.29, 1.82) is 5.26 Å². The minimum atomic E-state index is -0.0480. The number of hydrogen-bond donors (Lipinski definition) is 1. The number of para-hydroxylation sites is 2. The molecule has 5 nitrogen and oxygen atoms in total. The topological polar surface area (TPSA) is 59.4 Å². The van der Waals surface area contributed by atoms with Crippen LogP contribution in [0.4, 0.5) is 11.4 Å². The Morgan fingerprint density at radius 2 is 1.68 bits per heavy atom. The Morgan fingerprint density at radius 1 is 1.00 bits per heavy atom. The van der Waals surface area contributed by atoms with Crippen molar-refractivity contribution in [1.82, 2.24) is 4.90 Å². The molecule has 0 spiro atoms. The van der Waals surface area contributed by atoms with Crippen molar-refractivity contribution < 1.29 is 4.79 Å². The summed E-state index contributed by atoms with van der Waals surface area (Å²) in [6.07, 6.45) is 0.436. The van der Waals surface area contributed by atoms with Crippen LogP contribution in [0.25, 0.3) is 0 Å². The van der Waals surface area contributed by atoms with E-state index in [4.69, 9.17) is 5.26 Å². The number of carbonyl (C=O) groups excluding carboxylic acids is 1. The second-order valence-electron chi connectivity index (χ2n) is 6.12. The van der Waals surface area contributed by atoms with Crippen LogP contribution in [-0.2, 0) is 4.79 Å². The van der Waals surface area contributed by atoms with Crippen LogP contribution in [-0.4, -0.2) is 43.5 Å². The first-order valence-corrected chi connectivity index (χ1v) is 8.57. The molecule has 0 unspecified atom stereocenters. The molecular weight excluding hydrogens is 312 g/mol. The monoisotopic (exact) mass is 334 g/mol. The third-order valence-corrected chi connectivity index (χ3v) is 4.47. The molecule has 1 fully saturated rings. The summed E-state index contributed by atoms with van der Waals surface area (Å²) in [6, 6.07) is 19.6. The van der Waals surface area contributed by atoms with Crippen molar-refractivity contribution in [2.24, 2.45) is 0 Å². The van der Waals surface area contributed by atoms with Crippen LogP contribution in [0.2, 0.25) is 0 Å². The predicted octanol–water partition coefficient (Wildman–Crippen LogP) is 2.71. The number of anilines is 2. The average molecular weight is 334 g/mol. The van der Waals surface area contributed by atoms with E-state index in [2.05, 4.69) is 45.5 Å². The molecule has 0 radical (unpaired) electrons. The SMILES string of the molecule is N#Cc1ccccc1NC(=O)CCN1CCN(c2ccccc2)CC1. The van der Waals surface area contributed by atoms with Gasteiger partial charge in [0.1, 0.15) is 6.07 Å². The smallest absolute Gasteiger partial charge is 0.225 e. The fourth-order valence-corrected chi connectivity index (χ4v) is 3.03. The van der Waals surface area contributed by atoms with Crippen LogP contribution in [0.15, 0.2) is 54.6 Å². The van der Waals surface area contributed by atoms with Gasteiger partial charge in [-0.3, -0.25) is 9.69 Å². The molecule has 3 rings (SSSR count). The number of piperazine rings is 1. The Balaban J connectivity index is 1.44. The van der Waals surface area contributed by atoms with Crippen molar-refractivity contribution in [2.45, 2.75) is 6.42 Å². The Bertz CT molecular complexity index is 746. The van der Waals surface area contributed by atoms with E-state index in [1.807, 2.05) is 12.1 Å². The number of amides is 1. The van der Waals surface area contributed by atoms with Gasteiger partial charge in [0.05, 0.1) is 11.3 Å². The fourth-order valence-electron chi connectivity index (χ4n) is 3.03. The largest absolute Gasteiger partial charge is 0.369 e. The minimum absolute atomic E-state index is 0.0480. The maximum atomic E-state index is 12.2. The second kappa shape index (κ2) is 8.32. The second-order valence-corrected chi connectivity index (χ2v) is 6.12. The molecular formula is C20H22N4O. The number of rotatable bonds is 5. The van der Waals surface area contributed by atoms with Gasteiger partial charge in [-0.1, -0.05) is 30.3 Å². The van der Waals surface area contributed by atoms with E-state index < -0.39 is 0 Å². The van der Waals surface area contributed by atoms with E-state index >= 15 is 0 Å². The van der Waals surface area contributed by atoms with E-state index in [-0.39, 0.29) is 5.91 Å². The molecule has 1 amide bonds. The highest BCUT2D eigenvalue weighted by atomic mass is 16.1. The summed E-state index contributed by atoms with van der Waals surface area (Å²) in [7, 11) is 0. The first kappa shape index (κ1) is 17.0. The van der Waals surface area contributed by atoms with E-state index in [9.17, 15) is 4.79 Å². The lowest BCUT2D eigenvalue weighted by molar-refractivity contribution is -0.116. The fraction of sp³-hybridized carbons (Fsp3) is 0.300. The Morgan fingerprint density at radius 3 is 2.40 bits per heavy atom. The number of carbonyl (C=O) groups is 1. The van der Waals surface area contributed by atoms with Gasteiger partial charge in [0.25, 0.3) is 0 Å². The lowest BCUT2D eigenvalue weighted by atomic mass is 10.2. The van der Waals surface area contributed by atoms with Crippen molar-refractivity contribution in [2.75, 3.05) is 42.9 Å². The number of nitriles is 1. The lowest BCUT2D eigenvalue weighted by Crippen LogP contribution is -2.47. The normalized spacial score (nSPS) is 14.8. The summed E-state index contributed by atoms with van der Waals surface area (Å²) in [5.41, 5.74) is 2.34. The molecule has 0 atom stereocenters. The van der Waals surface area contributed by atoms with Gasteiger partial charge in [-0.15, -0.1) is 0 Å². The summed E-state index contributed by atoms with van der Waals surface area (Å²) < 4.78 is 0. The summed E-state index contributed by atoms with van der Waals surface area (Å²) in [6.45, 7) is 4.60. The summed E-state index contributed by atoms with van der Waals surface area (Å²) in [5.74, 6) is -0.0480. The third kappa shape index (κ3) is 4.59. The zero-order valence-corrected chi connectivity index (χ0v) is 14.2. The summed E-state index contributed by atoms with van der Waals surface area (Å²) in [5, 5.41) is 11.9. The van der Waals surface area contributed by atoms with Gasteiger partial charge in [0, 0.05) is 44.8 Å². The molecule has 2 aromatic carbocycles. The van der Waals surface area contributed by atoms with Gasteiger partial charge < -0.3 is 10.2 Å². The van der Waals surface area contributed by atoms with Crippen LogP contribution < -0.4 is 10.2 Å². The van der Waals surface area contributed by atoms with Gasteiger partial charge in [-0.2, -0.15) is 5.26 Å². The van der Waals surface area contributed by atoms with Gasteiger partial charge in [-0.25, -0.2) is 0 Å². The molecule has 1 aliphatic rings. The number of hydrogen-bond acceptors (Lipinski definition) is 4. The summed E-state index contributed by atoms with van der Waals surface area (Å²) in [4.78, 5) is 16.8. The number of benzene rings is 2. The van der Waals surface area contributed by atoms with Crippen molar-refractivity contribution in [3.8, 4) is 6.07 Å². The van der Waals surface area contributed by atoms with Gasteiger partial charge >= 0.3 is 0 Å². The number of nitrogens with one attached hydrogen (secondary N) is 1. The van der Waals surface area contributed by atoms with Crippen LogP contribution in [0.5, 0.6) is 0 Å². The zero-order chi connectivity index (χ0) is 17.5. The predicted molar refractivity (Wildman–Crippen MR) is 99.5 cm³/mol. The molecule has 1 heterocycles. The zero-order valence-electron chi connectivity index (χ0n) is 14.2. The first-order chi connectivity index (χ1) is 12.3. The molecule has 2 aromatic rings. The lowest BCUT2D eigenvalue weighted by Gasteiger charge is -2.36. The van der Waals surface area contributed by atoms with Crippen molar-refractivity contribution in [3.63, 3.8) is 0 Å². The first-order valence-electron chi connectivity index (χ1n) is 8.57. The minimum Gasteiger partial charge on any atom is -0.369 e. The molecule has 128 valence electrons. The molecule has 25 heavy (non-hydrogen) atoms. The van der Waals surface area contributed by atoms with E-state index in [0.29, 0.717) is 17.7 Å². The summed E-state index contributed by atoms with van der Waals surface area (Å²) >= 11 is 0. The highest BCUT2D eigenvalue weighted by Crippen LogP contribution is 2.16. The molecule has 0 aromatic heterocycles. The molecule has 5 heteroatoms. The molecule has 0 aliphatic carbocycles. The maximum absolute atomic E-state index is 12.2. The van der Waals surface area contributed by atoms with Crippen LogP contribution >= 0.6 is 0 Å². The molecule has 1 N–H and O–H groups in total. The van der Waals surface area contributed by atoms with E-state index in [1.165, 1.54) is 5.69 Å². The maximum Gasteiger partial charge on any atom is 0.225 e. The Labute approximate surface area is 148 Å². The van der Waals surface area contributed by atoms with Crippen LogP contribution in [0.1, 0.15) is 12.0 Å². The quantitative estimate of drug-likeness (QED) is 0.913. The highest BCUT2D eigenvalue weighted by molar-refractivity contribution is 5.92. The van der Waals surface area contributed by atoms with Crippen LogP contribution in [0, 0.1) is 11.3 Å². The Kier molecular flexibility index (Phi) is 5.65.